The van der Waals surface area contributed by atoms with Crippen LogP contribution in [0, 0.1) is 0 Å². The van der Waals surface area contributed by atoms with Crippen molar-refractivity contribution in [2.24, 2.45) is 0 Å². The number of nitrogens with zero attached hydrogens (tertiary/aromatic N) is 1. The highest BCUT2D eigenvalue weighted by atomic mass is 16.2. The van der Waals surface area contributed by atoms with Crippen LogP contribution in [0.3, 0.4) is 0 Å². The summed E-state index contributed by atoms with van der Waals surface area (Å²) in [5, 5.41) is 8.75. The van der Waals surface area contributed by atoms with Gasteiger partial charge in [-0.1, -0.05) is 64.4 Å². The number of aryl methyl sites for hydroxylation is 2. The van der Waals surface area contributed by atoms with Crippen LogP contribution < -0.4 is 4.57 Å². The highest BCUT2D eigenvalue weighted by Gasteiger charge is 2.08. The van der Waals surface area contributed by atoms with E-state index in [4.69, 9.17) is 5.11 Å². The minimum atomic E-state index is 0.356. The van der Waals surface area contributed by atoms with E-state index in [9.17, 15) is 0 Å². The molecule has 2 nitrogen and oxygen atoms in total. The van der Waals surface area contributed by atoms with E-state index in [1.807, 2.05) is 0 Å². The van der Waals surface area contributed by atoms with Crippen LogP contribution in [0.15, 0.2) is 24.4 Å². The largest absolute Gasteiger partial charge is 0.396 e. The summed E-state index contributed by atoms with van der Waals surface area (Å²) in [5.74, 6) is 0. The zero-order valence-corrected chi connectivity index (χ0v) is 15.3. The molecule has 2 heteroatoms. The Labute approximate surface area is 143 Å². The van der Waals surface area contributed by atoms with Gasteiger partial charge in [-0.15, -0.1) is 0 Å². The minimum absolute atomic E-state index is 0.356. The molecule has 0 fully saturated rings. The molecule has 0 bridgehead atoms. The fourth-order valence-corrected chi connectivity index (χ4v) is 3.14. The molecule has 23 heavy (non-hydrogen) atoms. The highest BCUT2D eigenvalue weighted by molar-refractivity contribution is 4.97. The monoisotopic (exact) mass is 320 g/mol. The number of hydrogen-bond donors (Lipinski definition) is 1. The fourth-order valence-electron chi connectivity index (χ4n) is 3.14. The number of unbranched alkanes of at least 4 members (excludes halogenated alkanes) is 10. The molecule has 1 aromatic rings. The number of aliphatic hydroxyl groups excluding tert-OH is 1. The second kappa shape index (κ2) is 14.7. The Hall–Kier alpha value is -0.890. The van der Waals surface area contributed by atoms with Crippen molar-refractivity contribution in [1.29, 1.82) is 0 Å². The summed E-state index contributed by atoms with van der Waals surface area (Å²) >= 11 is 0. The normalized spacial score (nSPS) is 11.0. The van der Waals surface area contributed by atoms with Crippen LogP contribution in [-0.2, 0) is 13.0 Å². The van der Waals surface area contributed by atoms with Gasteiger partial charge in [-0.2, -0.15) is 0 Å². The molecule has 1 heterocycles. The summed E-state index contributed by atoms with van der Waals surface area (Å²) in [5.41, 5.74) is 1.51. The zero-order valence-electron chi connectivity index (χ0n) is 15.3. The van der Waals surface area contributed by atoms with Crippen molar-refractivity contribution in [1.82, 2.24) is 0 Å². The molecule has 132 valence electrons. The van der Waals surface area contributed by atoms with Crippen LogP contribution in [-0.4, -0.2) is 11.7 Å². The molecule has 0 aliphatic carbocycles. The van der Waals surface area contributed by atoms with E-state index >= 15 is 0 Å². The first-order valence-electron chi connectivity index (χ1n) is 9.96. The Balaban J connectivity index is 2.11. The third-order valence-electron chi connectivity index (χ3n) is 4.63. The number of rotatable bonds is 15. The van der Waals surface area contributed by atoms with Crippen LogP contribution in [0.1, 0.15) is 89.7 Å². The zero-order chi connectivity index (χ0) is 16.6. The second-order valence-corrected chi connectivity index (χ2v) is 6.75. The molecule has 0 amide bonds. The molecule has 0 aliphatic rings. The molecule has 0 saturated carbocycles. The van der Waals surface area contributed by atoms with Gasteiger partial charge in [0.05, 0.1) is 0 Å². The molecular weight excluding hydrogens is 282 g/mol. The topological polar surface area (TPSA) is 24.1 Å². The van der Waals surface area contributed by atoms with E-state index in [1.165, 1.54) is 89.3 Å². The quantitative estimate of drug-likeness (QED) is 0.348. The molecular formula is C21H38NO+. The first-order chi connectivity index (χ1) is 11.4. The Morgan fingerprint density at radius 1 is 0.783 bits per heavy atom. The summed E-state index contributed by atoms with van der Waals surface area (Å²) in [6.45, 7) is 3.80. The van der Waals surface area contributed by atoms with E-state index in [1.54, 1.807) is 0 Å². The highest BCUT2D eigenvalue weighted by Crippen LogP contribution is 2.09. The van der Waals surface area contributed by atoms with Crippen molar-refractivity contribution < 1.29 is 9.67 Å². The Bertz CT molecular complexity index is 378. The predicted octanol–water partition coefficient (Wildman–Crippen LogP) is 5.21. The van der Waals surface area contributed by atoms with Crippen molar-refractivity contribution in [2.75, 3.05) is 6.61 Å². The maximum atomic E-state index is 8.75. The van der Waals surface area contributed by atoms with E-state index in [0.29, 0.717) is 6.61 Å². The Kier molecular flexibility index (Phi) is 12.9. The van der Waals surface area contributed by atoms with E-state index in [2.05, 4.69) is 35.9 Å². The standard InChI is InChI=1S/C21H38NO/c1-2-3-4-11-16-21-17-12-14-19-22(21)18-13-9-7-5-6-8-10-15-20-23/h12,14,17,19,23H,2-11,13,15-16,18,20H2,1H3/q+1. The first-order valence-corrected chi connectivity index (χ1v) is 9.96. The van der Waals surface area contributed by atoms with Crippen LogP contribution >= 0.6 is 0 Å². The maximum Gasteiger partial charge on any atom is 0.181 e. The number of aromatic nitrogens is 1. The molecule has 0 saturated heterocycles. The van der Waals surface area contributed by atoms with Crippen molar-refractivity contribution in [2.45, 2.75) is 96.9 Å². The molecule has 1 aromatic heterocycles. The van der Waals surface area contributed by atoms with Crippen LogP contribution in [0.4, 0.5) is 0 Å². The molecule has 0 spiro atoms. The Morgan fingerprint density at radius 2 is 1.43 bits per heavy atom. The van der Waals surface area contributed by atoms with Gasteiger partial charge in [-0.05, 0) is 19.3 Å². The molecule has 0 aromatic carbocycles. The van der Waals surface area contributed by atoms with Crippen molar-refractivity contribution in [3.05, 3.63) is 30.1 Å². The first kappa shape index (κ1) is 20.2. The van der Waals surface area contributed by atoms with Gasteiger partial charge < -0.3 is 5.11 Å². The van der Waals surface area contributed by atoms with Gasteiger partial charge in [0.1, 0.15) is 6.54 Å². The predicted molar refractivity (Wildman–Crippen MR) is 98.5 cm³/mol. The molecule has 1 rings (SSSR count). The summed E-state index contributed by atoms with van der Waals surface area (Å²) < 4.78 is 2.47. The third-order valence-corrected chi connectivity index (χ3v) is 4.63. The summed E-state index contributed by atoms with van der Waals surface area (Å²) in [7, 11) is 0. The maximum absolute atomic E-state index is 8.75. The number of hydrogen-bond acceptors (Lipinski definition) is 1. The van der Waals surface area contributed by atoms with Crippen LogP contribution in [0.25, 0.3) is 0 Å². The van der Waals surface area contributed by atoms with Gasteiger partial charge in [0.25, 0.3) is 0 Å². The molecule has 0 radical (unpaired) electrons. The van der Waals surface area contributed by atoms with Gasteiger partial charge >= 0.3 is 0 Å². The Morgan fingerprint density at radius 3 is 2.13 bits per heavy atom. The minimum Gasteiger partial charge on any atom is -0.396 e. The van der Waals surface area contributed by atoms with Crippen molar-refractivity contribution in [3.8, 4) is 0 Å². The van der Waals surface area contributed by atoms with Crippen LogP contribution in [0.5, 0.6) is 0 Å². The van der Waals surface area contributed by atoms with Gasteiger partial charge in [-0.3, -0.25) is 0 Å². The lowest BCUT2D eigenvalue weighted by Gasteiger charge is -2.04. The number of pyridine rings is 1. The average molecular weight is 321 g/mol. The lowest BCUT2D eigenvalue weighted by Crippen LogP contribution is -2.37. The SMILES string of the molecule is CCCCCCc1cccc[n+]1CCCCCCCCCCO. The summed E-state index contributed by atoms with van der Waals surface area (Å²) in [4.78, 5) is 0. The van der Waals surface area contributed by atoms with Crippen molar-refractivity contribution >= 4 is 0 Å². The van der Waals surface area contributed by atoms with Gasteiger partial charge in [-0.25, -0.2) is 4.57 Å². The molecule has 0 atom stereocenters. The van der Waals surface area contributed by atoms with Crippen LogP contribution in [0.2, 0.25) is 0 Å². The van der Waals surface area contributed by atoms with Gasteiger partial charge in [0.15, 0.2) is 11.9 Å². The molecule has 0 unspecified atom stereocenters. The molecule has 0 aliphatic heterocycles. The summed E-state index contributed by atoms with van der Waals surface area (Å²) in [6, 6.07) is 6.64. The lowest BCUT2D eigenvalue weighted by atomic mass is 10.1. The molecule has 1 N–H and O–H groups in total. The second-order valence-electron chi connectivity index (χ2n) is 6.75. The van der Waals surface area contributed by atoms with E-state index in [-0.39, 0.29) is 0 Å². The summed E-state index contributed by atoms with van der Waals surface area (Å²) in [6.07, 6.45) is 19.0. The van der Waals surface area contributed by atoms with E-state index < -0.39 is 0 Å². The van der Waals surface area contributed by atoms with E-state index in [0.717, 1.165) is 6.42 Å². The fraction of sp³-hybridized carbons (Fsp3) is 0.762. The van der Waals surface area contributed by atoms with Crippen molar-refractivity contribution in [3.63, 3.8) is 0 Å². The van der Waals surface area contributed by atoms with Gasteiger partial charge in [0.2, 0.25) is 0 Å². The van der Waals surface area contributed by atoms with Gasteiger partial charge in [0, 0.05) is 31.6 Å². The lowest BCUT2D eigenvalue weighted by molar-refractivity contribution is -0.704. The smallest absolute Gasteiger partial charge is 0.181 e. The third kappa shape index (κ3) is 10.5. The number of aliphatic hydroxyl groups is 1. The average Bonchev–Trinajstić information content (AvgIpc) is 2.58.